The minimum atomic E-state index is 0.443. The van der Waals surface area contributed by atoms with Crippen LogP contribution in [0.4, 0.5) is 0 Å². The molecule has 0 saturated carbocycles. The first kappa shape index (κ1) is 12.5. The third kappa shape index (κ3) is 2.76. The highest BCUT2D eigenvalue weighted by Gasteiger charge is 2.20. The molecule has 19 heavy (non-hydrogen) atoms. The van der Waals surface area contributed by atoms with Crippen molar-refractivity contribution in [1.29, 1.82) is 0 Å². The van der Waals surface area contributed by atoms with E-state index in [4.69, 9.17) is 5.73 Å². The molecule has 4 heteroatoms. The maximum Gasteiger partial charge on any atom is 0.0702 e. The van der Waals surface area contributed by atoms with Crippen LogP contribution in [0.1, 0.15) is 5.56 Å². The lowest BCUT2D eigenvalue weighted by Crippen LogP contribution is -2.53. The Kier molecular flexibility index (Phi) is 3.73. The van der Waals surface area contributed by atoms with Crippen molar-refractivity contribution in [1.82, 2.24) is 15.2 Å². The predicted molar refractivity (Wildman–Crippen MR) is 77.9 cm³/mol. The van der Waals surface area contributed by atoms with Gasteiger partial charge in [-0.1, -0.05) is 12.1 Å². The number of nitrogens with two attached hydrogens (primary N) is 1. The largest absolute Gasteiger partial charge is 0.329 e. The molecule has 0 amide bonds. The summed E-state index contributed by atoms with van der Waals surface area (Å²) >= 11 is 0. The second-order valence-corrected chi connectivity index (χ2v) is 5.09. The Labute approximate surface area is 113 Å². The Morgan fingerprint density at radius 3 is 3.21 bits per heavy atom. The van der Waals surface area contributed by atoms with Crippen LogP contribution in [0.5, 0.6) is 0 Å². The van der Waals surface area contributed by atoms with Crippen molar-refractivity contribution in [3.8, 4) is 0 Å². The monoisotopic (exact) mass is 256 g/mol. The van der Waals surface area contributed by atoms with E-state index >= 15 is 0 Å². The van der Waals surface area contributed by atoms with E-state index in [-0.39, 0.29) is 0 Å². The number of nitrogens with zero attached hydrogens (tertiary/aromatic N) is 2. The molecule has 1 aliphatic heterocycles. The number of hydrogen-bond donors (Lipinski definition) is 2. The van der Waals surface area contributed by atoms with Gasteiger partial charge in [0.1, 0.15) is 0 Å². The molecule has 1 aromatic heterocycles. The maximum atomic E-state index is 5.85. The van der Waals surface area contributed by atoms with Crippen molar-refractivity contribution in [3.63, 3.8) is 0 Å². The van der Waals surface area contributed by atoms with E-state index in [9.17, 15) is 0 Å². The average Bonchev–Trinajstić information content (AvgIpc) is 2.48. The number of nitrogens with one attached hydrogen (secondary N) is 1. The zero-order valence-electron chi connectivity index (χ0n) is 11.0. The Bertz CT molecular complexity index is 555. The molecule has 4 nitrogen and oxygen atoms in total. The van der Waals surface area contributed by atoms with Crippen molar-refractivity contribution in [2.75, 3.05) is 26.2 Å². The van der Waals surface area contributed by atoms with E-state index in [1.54, 1.807) is 0 Å². The molecular weight excluding hydrogens is 236 g/mol. The van der Waals surface area contributed by atoms with Crippen LogP contribution in [-0.2, 0) is 6.54 Å². The zero-order valence-corrected chi connectivity index (χ0v) is 11.0. The molecule has 0 spiro atoms. The van der Waals surface area contributed by atoms with Crippen LogP contribution in [0.15, 0.2) is 36.5 Å². The molecule has 1 atom stereocenters. The quantitative estimate of drug-likeness (QED) is 0.859. The number of fused-ring (bicyclic) bond motifs is 1. The smallest absolute Gasteiger partial charge is 0.0702 e. The van der Waals surface area contributed by atoms with Crippen molar-refractivity contribution in [3.05, 3.63) is 42.1 Å². The minimum Gasteiger partial charge on any atom is -0.329 e. The second-order valence-electron chi connectivity index (χ2n) is 5.09. The molecule has 1 aliphatic rings. The van der Waals surface area contributed by atoms with E-state index in [2.05, 4.69) is 39.5 Å². The summed E-state index contributed by atoms with van der Waals surface area (Å²) in [4.78, 5) is 6.82. The standard InChI is InChI=1S/C15H20N4/c16-9-14-10-17-6-7-19(14)11-12-3-4-15-13(8-12)2-1-5-18-15/h1-5,8,14,17H,6-7,9-11,16H2. The van der Waals surface area contributed by atoms with E-state index in [1.165, 1.54) is 10.9 Å². The third-order valence-electron chi connectivity index (χ3n) is 3.80. The molecule has 0 aliphatic carbocycles. The fourth-order valence-corrected chi connectivity index (χ4v) is 2.70. The molecule has 3 N–H and O–H groups in total. The molecule has 3 rings (SSSR count). The van der Waals surface area contributed by atoms with E-state index in [0.29, 0.717) is 12.6 Å². The predicted octanol–water partition coefficient (Wildman–Crippen LogP) is 0.967. The third-order valence-corrected chi connectivity index (χ3v) is 3.80. The van der Waals surface area contributed by atoms with Crippen molar-refractivity contribution in [2.45, 2.75) is 12.6 Å². The first-order valence-corrected chi connectivity index (χ1v) is 6.85. The summed E-state index contributed by atoms with van der Waals surface area (Å²) in [6.07, 6.45) is 1.84. The van der Waals surface area contributed by atoms with Crippen molar-refractivity contribution in [2.24, 2.45) is 5.73 Å². The van der Waals surface area contributed by atoms with Crippen LogP contribution >= 0.6 is 0 Å². The van der Waals surface area contributed by atoms with Crippen LogP contribution in [-0.4, -0.2) is 42.1 Å². The fraction of sp³-hybridized carbons (Fsp3) is 0.400. The first-order chi connectivity index (χ1) is 9.36. The van der Waals surface area contributed by atoms with Gasteiger partial charge in [-0.3, -0.25) is 9.88 Å². The summed E-state index contributed by atoms with van der Waals surface area (Å²) in [6, 6.07) is 11.1. The summed E-state index contributed by atoms with van der Waals surface area (Å²) in [6.45, 7) is 4.78. The molecule has 2 heterocycles. The summed E-state index contributed by atoms with van der Waals surface area (Å²) in [5.41, 5.74) is 8.24. The Morgan fingerprint density at radius 2 is 2.32 bits per heavy atom. The molecule has 0 radical (unpaired) electrons. The number of rotatable bonds is 3. The van der Waals surface area contributed by atoms with Gasteiger partial charge < -0.3 is 11.1 Å². The van der Waals surface area contributed by atoms with E-state index in [0.717, 1.165) is 31.7 Å². The van der Waals surface area contributed by atoms with Crippen LogP contribution in [0.25, 0.3) is 10.9 Å². The van der Waals surface area contributed by atoms with Crippen LogP contribution in [0, 0.1) is 0 Å². The maximum absolute atomic E-state index is 5.85. The number of aromatic nitrogens is 1. The highest BCUT2D eigenvalue weighted by molar-refractivity contribution is 5.78. The Balaban J connectivity index is 1.80. The van der Waals surface area contributed by atoms with Gasteiger partial charge in [-0.15, -0.1) is 0 Å². The zero-order chi connectivity index (χ0) is 13.1. The van der Waals surface area contributed by atoms with Gasteiger partial charge in [0.05, 0.1) is 5.52 Å². The average molecular weight is 256 g/mol. The lowest BCUT2D eigenvalue weighted by molar-refractivity contribution is 0.158. The van der Waals surface area contributed by atoms with Gasteiger partial charge >= 0.3 is 0 Å². The number of pyridine rings is 1. The molecule has 1 saturated heterocycles. The van der Waals surface area contributed by atoms with Gasteiger partial charge in [-0.2, -0.15) is 0 Å². The summed E-state index contributed by atoms with van der Waals surface area (Å²) < 4.78 is 0. The first-order valence-electron chi connectivity index (χ1n) is 6.85. The molecule has 100 valence electrons. The SMILES string of the molecule is NCC1CNCCN1Cc1ccc2ncccc2c1. The highest BCUT2D eigenvalue weighted by Crippen LogP contribution is 2.16. The highest BCUT2D eigenvalue weighted by atomic mass is 15.2. The van der Waals surface area contributed by atoms with Gasteiger partial charge in [0, 0.05) is 50.3 Å². The molecule has 1 fully saturated rings. The summed E-state index contributed by atoms with van der Waals surface area (Å²) in [5, 5.41) is 4.61. The number of benzene rings is 1. The van der Waals surface area contributed by atoms with Gasteiger partial charge in [0.15, 0.2) is 0 Å². The number of hydrogen-bond acceptors (Lipinski definition) is 4. The van der Waals surface area contributed by atoms with Gasteiger partial charge in [0.25, 0.3) is 0 Å². The van der Waals surface area contributed by atoms with Gasteiger partial charge in [-0.05, 0) is 23.8 Å². The van der Waals surface area contributed by atoms with Crippen LogP contribution in [0.2, 0.25) is 0 Å². The minimum absolute atomic E-state index is 0.443. The molecule has 0 bridgehead atoms. The lowest BCUT2D eigenvalue weighted by Gasteiger charge is -2.35. The van der Waals surface area contributed by atoms with Crippen molar-refractivity contribution < 1.29 is 0 Å². The topological polar surface area (TPSA) is 54.2 Å². The Morgan fingerprint density at radius 1 is 1.37 bits per heavy atom. The lowest BCUT2D eigenvalue weighted by atomic mass is 10.1. The molecule has 2 aromatic rings. The Hall–Kier alpha value is -1.49. The molecule has 1 aromatic carbocycles. The fourth-order valence-electron chi connectivity index (χ4n) is 2.70. The van der Waals surface area contributed by atoms with Crippen LogP contribution in [0.3, 0.4) is 0 Å². The molecular formula is C15H20N4. The summed E-state index contributed by atoms with van der Waals surface area (Å²) in [7, 11) is 0. The van der Waals surface area contributed by atoms with Gasteiger partial charge in [0.2, 0.25) is 0 Å². The summed E-state index contributed by atoms with van der Waals surface area (Å²) in [5.74, 6) is 0. The van der Waals surface area contributed by atoms with Gasteiger partial charge in [-0.25, -0.2) is 0 Å². The second kappa shape index (κ2) is 5.65. The van der Waals surface area contributed by atoms with Crippen molar-refractivity contribution >= 4 is 10.9 Å². The van der Waals surface area contributed by atoms with Crippen LogP contribution < -0.4 is 11.1 Å². The van der Waals surface area contributed by atoms with E-state index in [1.807, 2.05) is 12.3 Å². The number of piperazine rings is 1. The normalized spacial score (nSPS) is 20.8. The molecule has 1 unspecified atom stereocenters. The van der Waals surface area contributed by atoms with E-state index < -0.39 is 0 Å².